The number of hydrogen-bond donors (Lipinski definition) is 1. The number of amidine groups is 1. The lowest BCUT2D eigenvalue weighted by Gasteiger charge is -2.19. The normalized spacial score (nSPS) is 13.0. The molecule has 0 heterocycles. The van der Waals surface area contributed by atoms with E-state index in [-0.39, 0.29) is 6.04 Å². The summed E-state index contributed by atoms with van der Waals surface area (Å²) >= 11 is 12.4. The fourth-order valence-electron chi connectivity index (χ4n) is 2.93. The largest absolute Gasteiger partial charge is 0.339 e. The van der Waals surface area contributed by atoms with Crippen molar-refractivity contribution in [2.45, 2.75) is 39.7 Å². The number of nitrogens with one attached hydrogen (secondary N) is 1. The molecule has 2 aromatic carbocycles. The zero-order valence-electron chi connectivity index (χ0n) is 16.4. The lowest BCUT2D eigenvalue weighted by atomic mass is 10.1. The van der Waals surface area contributed by atoms with Gasteiger partial charge in [0.1, 0.15) is 5.84 Å². The van der Waals surface area contributed by atoms with Gasteiger partial charge in [0.15, 0.2) is 0 Å². The van der Waals surface area contributed by atoms with E-state index in [1.54, 1.807) is 6.07 Å². The minimum Gasteiger partial charge on any atom is -0.339 e. The molecule has 0 amide bonds. The fourth-order valence-corrected chi connectivity index (χ4v) is 3.38. The Kier molecular flexibility index (Phi) is 9.12. The van der Waals surface area contributed by atoms with Gasteiger partial charge in [0.25, 0.3) is 0 Å². The van der Waals surface area contributed by atoms with Gasteiger partial charge in [-0.25, -0.2) is 0 Å². The lowest BCUT2D eigenvalue weighted by molar-refractivity contribution is 0.294. The van der Waals surface area contributed by atoms with Gasteiger partial charge in [-0.2, -0.15) is 0 Å². The van der Waals surface area contributed by atoms with Gasteiger partial charge in [0.2, 0.25) is 0 Å². The molecule has 0 saturated carbocycles. The Morgan fingerprint density at radius 2 is 1.78 bits per heavy atom. The molecule has 0 aliphatic rings. The Balaban J connectivity index is 2.13. The van der Waals surface area contributed by atoms with Crippen LogP contribution in [0.2, 0.25) is 10.0 Å². The Bertz CT molecular complexity index is 728. The number of nitrogens with zero attached hydrogens (tertiary/aromatic N) is 2. The van der Waals surface area contributed by atoms with Gasteiger partial charge in [-0.3, -0.25) is 4.99 Å². The van der Waals surface area contributed by atoms with Crippen molar-refractivity contribution in [3.05, 3.63) is 64.1 Å². The molecule has 0 spiro atoms. The van der Waals surface area contributed by atoms with Crippen LogP contribution in [-0.4, -0.2) is 36.4 Å². The Hall–Kier alpha value is -1.55. The summed E-state index contributed by atoms with van der Waals surface area (Å²) in [5.74, 6) is 0.829. The maximum Gasteiger partial charge on any atom is 0.133 e. The highest BCUT2D eigenvalue weighted by molar-refractivity contribution is 6.36. The van der Waals surface area contributed by atoms with Gasteiger partial charge in [0, 0.05) is 16.6 Å². The van der Waals surface area contributed by atoms with Crippen LogP contribution in [0.1, 0.15) is 39.2 Å². The van der Waals surface area contributed by atoms with Gasteiger partial charge < -0.3 is 10.2 Å². The second kappa shape index (κ2) is 11.3. The highest BCUT2D eigenvalue weighted by atomic mass is 35.5. The number of halogens is 2. The summed E-state index contributed by atoms with van der Waals surface area (Å²) in [6, 6.07) is 15.8. The quantitative estimate of drug-likeness (QED) is 0.387. The van der Waals surface area contributed by atoms with E-state index in [1.165, 1.54) is 0 Å². The van der Waals surface area contributed by atoms with Crippen LogP contribution in [-0.2, 0) is 0 Å². The highest BCUT2D eigenvalue weighted by Crippen LogP contribution is 2.26. The summed E-state index contributed by atoms with van der Waals surface area (Å²) in [5.41, 5.74) is 1.85. The van der Waals surface area contributed by atoms with Crippen LogP contribution >= 0.6 is 23.2 Å². The Labute approximate surface area is 173 Å². The first kappa shape index (κ1) is 21.7. The molecule has 1 atom stereocenters. The predicted molar refractivity (Wildman–Crippen MR) is 120 cm³/mol. The van der Waals surface area contributed by atoms with Crippen LogP contribution < -0.4 is 5.32 Å². The van der Waals surface area contributed by atoms with E-state index in [9.17, 15) is 0 Å². The van der Waals surface area contributed by atoms with Crippen molar-refractivity contribution in [3.63, 3.8) is 0 Å². The molecule has 5 heteroatoms. The number of anilines is 1. The second-order valence-corrected chi connectivity index (χ2v) is 7.45. The molecule has 0 saturated heterocycles. The number of hydrogen-bond acceptors (Lipinski definition) is 2. The average molecular weight is 406 g/mol. The van der Waals surface area contributed by atoms with Crippen LogP contribution in [0, 0.1) is 0 Å². The molecule has 1 N–H and O–H groups in total. The van der Waals surface area contributed by atoms with E-state index in [2.05, 4.69) is 43.1 Å². The monoisotopic (exact) mass is 405 g/mol. The molecular weight excluding hydrogens is 377 g/mol. The summed E-state index contributed by atoms with van der Waals surface area (Å²) in [7, 11) is 0. The second-order valence-electron chi connectivity index (χ2n) is 6.61. The smallest absolute Gasteiger partial charge is 0.133 e. The van der Waals surface area contributed by atoms with Crippen molar-refractivity contribution in [1.29, 1.82) is 0 Å². The first-order valence-electron chi connectivity index (χ1n) is 9.61. The third-order valence-electron chi connectivity index (χ3n) is 4.57. The maximum atomic E-state index is 6.34. The van der Waals surface area contributed by atoms with Crippen molar-refractivity contribution < 1.29 is 0 Å². The summed E-state index contributed by atoms with van der Waals surface area (Å²) in [5, 5.41) is 4.59. The number of benzene rings is 2. The van der Waals surface area contributed by atoms with Gasteiger partial charge in [0.05, 0.1) is 10.7 Å². The molecule has 0 aliphatic heterocycles. The van der Waals surface area contributed by atoms with Crippen molar-refractivity contribution in [1.82, 2.24) is 4.90 Å². The van der Waals surface area contributed by atoms with Gasteiger partial charge in [-0.15, -0.1) is 0 Å². The first-order chi connectivity index (χ1) is 13.0. The van der Waals surface area contributed by atoms with E-state index in [4.69, 9.17) is 28.2 Å². The standard InChI is InChI=1S/C22H29Cl2N3/c1-4-27(5-2)15-9-10-17(3)25-22(18-11-7-6-8-12-18)26-21-14-13-19(23)16-20(21)24/h6-8,11-14,16-17H,4-5,9-10,15H2,1-3H3,(H,25,26). The summed E-state index contributed by atoms with van der Waals surface area (Å²) in [6.07, 6.45) is 2.18. The third-order valence-corrected chi connectivity index (χ3v) is 5.12. The molecule has 2 aromatic rings. The summed E-state index contributed by atoms with van der Waals surface area (Å²) in [4.78, 5) is 7.39. The van der Waals surface area contributed by atoms with Gasteiger partial charge >= 0.3 is 0 Å². The van der Waals surface area contributed by atoms with E-state index in [1.807, 2.05) is 30.3 Å². The van der Waals surface area contributed by atoms with Crippen molar-refractivity contribution in [2.24, 2.45) is 4.99 Å². The van der Waals surface area contributed by atoms with Crippen LogP contribution in [0.25, 0.3) is 0 Å². The number of aliphatic imine (C=N–C) groups is 1. The van der Waals surface area contributed by atoms with Crippen LogP contribution in [0.3, 0.4) is 0 Å². The van der Waals surface area contributed by atoms with Crippen LogP contribution in [0.15, 0.2) is 53.5 Å². The lowest BCUT2D eigenvalue weighted by Crippen LogP contribution is -2.24. The van der Waals surface area contributed by atoms with E-state index >= 15 is 0 Å². The first-order valence-corrected chi connectivity index (χ1v) is 10.4. The molecule has 146 valence electrons. The molecule has 27 heavy (non-hydrogen) atoms. The highest BCUT2D eigenvalue weighted by Gasteiger charge is 2.10. The predicted octanol–water partition coefficient (Wildman–Crippen LogP) is 6.36. The van der Waals surface area contributed by atoms with E-state index < -0.39 is 0 Å². The third kappa shape index (κ3) is 7.17. The van der Waals surface area contributed by atoms with Crippen LogP contribution in [0.5, 0.6) is 0 Å². The molecule has 0 fully saturated rings. The van der Waals surface area contributed by atoms with Crippen molar-refractivity contribution in [3.8, 4) is 0 Å². The van der Waals surface area contributed by atoms with Crippen LogP contribution in [0.4, 0.5) is 5.69 Å². The Morgan fingerprint density at radius 3 is 2.41 bits per heavy atom. The molecule has 3 nitrogen and oxygen atoms in total. The minimum absolute atomic E-state index is 0.217. The molecular formula is C22H29Cl2N3. The van der Waals surface area contributed by atoms with Gasteiger partial charge in [-0.05, 0) is 57.6 Å². The molecule has 0 bridgehead atoms. The molecule has 0 aromatic heterocycles. The SMILES string of the molecule is CCN(CC)CCCC(C)N=C(Nc1ccc(Cl)cc1Cl)c1ccccc1. The molecule has 1 unspecified atom stereocenters. The van der Waals surface area contributed by atoms with Crippen molar-refractivity contribution >= 4 is 34.7 Å². The zero-order valence-corrected chi connectivity index (χ0v) is 17.9. The van der Waals surface area contributed by atoms with E-state index in [0.29, 0.717) is 10.0 Å². The molecule has 0 aliphatic carbocycles. The Morgan fingerprint density at radius 1 is 1.07 bits per heavy atom. The summed E-state index contributed by atoms with van der Waals surface area (Å²) < 4.78 is 0. The topological polar surface area (TPSA) is 27.6 Å². The van der Waals surface area contributed by atoms with E-state index in [0.717, 1.165) is 49.6 Å². The number of rotatable bonds is 9. The fraction of sp³-hybridized carbons (Fsp3) is 0.409. The zero-order chi connectivity index (χ0) is 19.6. The van der Waals surface area contributed by atoms with Gasteiger partial charge in [-0.1, -0.05) is 67.4 Å². The summed E-state index contributed by atoms with van der Waals surface area (Å²) in [6.45, 7) is 9.89. The molecule has 0 radical (unpaired) electrons. The maximum absolute atomic E-state index is 6.34. The van der Waals surface area contributed by atoms with Crippen molar-refractivity contribution in [2.75, 3.05) is 25.0 Å². The average Bonchev–Trinajstić information content (AvgIpc) is 2.67. The minimum atomic E-state index is 0.217. The molecule has 2 rings (SSSR count).